The van der Waals surface area contributed by atoms with Crippen molar-refractivity contribution in [3.05, 3.63) is 0 Å². The van der Waals surface area contributed by atoms with Crippen molar-refractivity contribution in [3.8, 4) is 0 Å². The summed E-state index contributed by atoms with van der Waals surface area (Å²) in [7, 11) is 4.12. The van der Waals surface area contributed by atoms with E-state index in [1.54, 1.807) is 0 Å². The zero-order valence-electron chi connectivity index (χ0n) is 6.42. The molecule has 0 saturated carbocycles. The van der Waals surface area contributed by atoms with Gasteiger partial charge in [-0.2, -0.15) is 0 Å². The molecule has 0 spiro atoms. The molecule has 0 aliphatic carbocycles. The van der Waals surface area contributed by atoms with E-state index >= 15 is 0 Å². The quantitative estimate of drug-likeness (QED) is 0.522. The fraction of sp³-hybridized carbons (Fsp3) is 1.00. The summed E-state index contributed by atoms with van der Waals surface area (Å²) in [4.78, 5) is 2.13. The van der Waals surface area contributed by atoms with Crippen LogP contribution in [-0.4, -0.2) is 31.8 Å². The lowest BCUT2D eigenvalue weighted by Crippen LogP contribution is -2.26. The Morgan fingerprint density at radius 2 is 2.11 bits per heavy atom. The summed E-state index contributed by atoms with van der Waals surface area (Å²) in [5, 5.41) is 0. The molecule has 1 heterocycles. The molecule has 54 valence electrons. The normalized spacial score (nSPS) is 36.0. The van der Waals surface area contributed by atoms with Crippen LogP contribution < -0.4 is 0 Å². The summed E-state index contributed by atoms with van der Waals surface area (Å²) < 4.78 is 5.45. The molecule has 0 bridgehead atoms. The third kappa shape index (κ3) is 1.66. The second-order valence-corrected chi connectivity index (χ2v) is 3.09. The van der Waals surface area contributed by atoms with E-state index in [4.69, 9.17) is 4.74 Å². The SMILES string of the molecule is CC1COC(N(C)C)C1. The highest BCUT2D eigenvalue weighted by Gasteiger charge is 2.22. The minimum Gasteiger partial charge on any atom is -0.363 e. The van der Waals surface area contributed by atoms with Gasteiger partial charge in [0.1, 0.15) is 6.23 Å². The Labute approximate surface area is 56.8 Å². The zero-order chi connectivity index (χ0) is 6.85. The van der Waals surface area contributed by atoms with Gasteiger partial charge in [-0.25, -0.2) is 0 Å². The molecule has 1 rings (SSSR count). The summed E-state index contributed by atoms with van der Waals surface area (Å²) in [6.45, 7) is 3.16. The lowest BCUT2D eigenvalue weighted by molar-refractivity contribution is 0.00901. The van der Waals surface area contributed by atoms with Crippen LogP contribution >= 0.6 is 0 Å². The molecule has 0 aromatic carbocycles. The van der Waals surface area contributed by atoms with Crippen LogP contribution in [0.4, 0.5) is 0 Å². The van der Waals surface area contributed by atoms with Gasteiger partial charge in [0.25, 0.3) is 0 Å². The van der Waals surface area contributed by atoms with Gasteiger partial charge in [0.2, 0.25) is 0 Å². The molecule has 1 fully saturated rings. The van der Waals surface area contributed by atoms with Gasteiger partial charge in [0.15, 0.2) is 0 Å². The van der Waals surface area contributed by atoms with Crippen molar-refractivity contribution in [2.45, 2.75) is 19.6 Å². The number of hydrogen-bond donors (Lipinski definition) is 0. The monoisotopic (exact) mass is 129 g/mol. The number of ether oxygens (including phenoxy) is 1. The van der Waals surface area contributed by atoms with Crippen molar-refractivity contribution >= 4 is 0 Å². The standard InChI is InChI=1S/C7H15NO/c1-6-4-7(8(2)3)9-5-6/h6-7H,4-5H2,1-3H3. The van der Waals surface area contributed by atoms with E-state index in [0.29, 0.717) is 6.23 Å². The summed E-state index contributed by atoms with van der Waals surface area (Å²) >= 11 is 0. The van der Waals surface area contributed by atoms with Crippen LogP contribution in [-0.2, 0) is 4.74 Å². The van der Waals surface area contributed by atoms with Gasteiger partial charge in [-0.05, 0) is 26.4 Å². The van der Waals surface area contributed by atoms with Crippen LogP contribution in [0.25, 0.3) is 0 Å². The molecule has 0 aromatic rings. The Hall–Kier alpha value is -0.0800. The van der Waals surface area contributed by atoms with Crippen molar-refractivity contribution in [2.24, 2.45) is 5.92 Å². The van der Waals surface area contributed by atoms with Gasteiger partial charge in [-0.15, -0.1) is 0 Å². The molecule has 9 heavy (non-hydrogen) atoms. The maximum Gasteiger partial charge on any atom is 0.110 e. The van der Waals surface area contributed by atoms with Crippen molar-refractivity contribution in [1.29, 1.82) is 0 Å². The smallest absolute Gasteiger partial charge is 0.110 e. The summed E-state index contributed by atoms with van der Waals surface area (Å²) in [5.41, 5.74) is 0. The molecule has 2 heteroatoms. The van der Waals surface area contributed by atoms with Crippen molar-refractivity contribution < 1.29 is 4.74 Å². The van der Waals surface area contributed by atoms with Gasteiger partial charge in [0, 0.05) is 0 Å². The lowest BCUT2D eigenvalue weighted by atomic mass is 10.1. The van der Waals surface area contributed by atoms with Crippen molar-refractivity contribution in [2.75, 3.05) is 20.7 Å². The van der Waals surface area contributed by atoms with Crippen LogP contribution in [0.15, 0.2) is 0 Å². The summed E-state index contributed by atoms with van der Waals surface area (Å²) in [6, 6.07) is 0. The fourth-order valence-corrected chi connectivity index (χ4v) is 1.12. The average molecular weight is 129 g/mol. The van der Waals surface area contributed by atoms with Crippen LogP contribution in [0.2, 0.25) is 0 Å². The van der Waals surface area contributed by atoms with Gasteiger partial charge in [-0.1, -0.05) is 6.92 Å². The minimum atomic E-state index is 0.375. The minimum absolute atomic E-state index is 0.375. The summed E-state index contributed by atoms with van der Waals surface area (Å²) in [5.74, 6) is 0.748. The van der Waals surface area contributed by atoms with Gasteiger partial charge >= 0.3 is 0 Å². The van der Waals surface area contributed by atoms with E-state index < -0.39 is 0 Å². The van der Waals surface area contributed by atoms with Crippen LogP contribution in [0.5, 0.6) is 0 Å². The Bertz CT molecular complexity index is 92.9. The molecule has 0 N–H and O–H groups in total. The fourth-order valence-electron chi connectivity index (χ4n) is 1.12. The van der Waals surface area contributed by atoms with Crippen molar-refractivity contribution in [3.63, 3.8) is 0 Å². The second kappa shape index (κ2) is 2.67. The molecule has 1 aliphatic heterocycles. The van der Waals surface area contributed by atoms with E-state index in [9.17, 15) is 0 Å². The Kier molecular flexibility index (Phi) is 2.09. The van der Waals surface area contributed by atoms with E-state index in [1.807, 2.05) is 0 Å². The maximum absolute atomic E-state index is 5.45. The van der Waals surface area contributed by atoms with Gasteiger partial charge in [-0.3, -0.25) is 4.90 Å². The largest absolute Gasteiger partial charge is 0.363 e. The third-order valence-electron chi connectivity index (χ3n) is 1.75. The van der Waals surface area contributed by atoms with Crippen molar-refractivity contribution in [1.82, 2.24) is 4.90 Å². The molecular weight excluding hydrogens is 114 g/mol. The molecule has 1 aliphatic rings. The Morgan fingerprint density at radius 1 is 1.44 bits per heavy atom. The topological polar surface area (TPSA) is 12.5 Å². The maximum atomic E-state index is 5.45. The summed E-state index contributed by atoms with van der Waals surface area (Å²) in [6.07, 6.45) is 1.56. The van der Waals surface area contributed by atoms with Crippen LogP contribution in [0, 0.1) is 5.92 Å². The van der Waals surface area contributed by atoms with Crippen LogP contribution in [0.3, 0.4) is 0 Å². The van der Waals surface area contributed by atoms with E-state index in [0.717, 1.165) is 12.5 Å². The first-order chi connectivity index (χ1) is 4.20. The zero-order valence-corrected chi connectivity index (χ0v) is 6.42. The lowest BCUT2D eigenvalue weighted by Gasteiger charge is -2.17. The first-order valence-corrected chi connectivity index (χ1v) is 3.48. The number of nitrogens with zero attached hydrogens (tertiary/aromatic N) is 1. The highest BCUT2D eigenvalue weighted by atomic mass is 16.5. The van der Waals surface area contributed by atoms with Crippen LogP contribution in [0.1, 0.15) is 13.3 Å². The molecule has 1 saturated heterocycles. The third-order valence-corrected chi connectivity index (χ3v) is 1.75. The molecular formula is C7H15NO. The molecule has 0 amide bonds. The highest BCUT2D eigenvalue weighted by Crippen LogP contribution is 2.19. The molecule has 2 unspecified atom stereocenters. The van der Waals surface area contributed by atoms with E-state index in [1.165, 1.54) is 6.42 Å². The first kappa shape index (κ1) is 7.03. The molecule has 0 radical (unpaired) electrons. The predicted octanol–water partition coefficient (Wildman–Crippen LogP) is 0.930. The second-order valence-electron chi connectivity index (χ2n) is 3.09. The molecule has 2 nitrogen and oxygen atoms in total. The van der Waals surface area contributed by atoms with Gasteiger partial charge in [0.05, 0.1) is 6.61 Å². The number of hydrogen-bond acceptors (Lipinski definition) is 2. The average Bonchev–Trinajstić information content (AvgIpc) is 2.14. The molecule has 2 atom stereocenters. The van der Waals surface area contributed by atoms with Gasteiger partial charge < -0.3 is 4.74 Å². The highest BCUT2D eigenvalue weighted by molar-refractivity contribution is 4.67. The molecule has 0 aromatic heterocycles. The van der Waals surface area contributed by atoms with E-state index in [2.05, 4.69) is 25.9 Å². The number of rotatable bonds is 1. The predicted molar refractivity (Wildman–Crippen MR) is 37.2 cm³/mol. The first-order valence-electron chi connectivity index (χ1n) is 3.48. The Morgan fingerprint density at radius 3 is 2.33 bits per heavy atom. The van der Waals surface area contributed by atoms with E-state index in [-0.39, 0.29) is 0 Å². The Balaban J connectivity index is 2.30.